The largest absolute Gasteiger partial charge is 0.328 e. The van der Waals surface area contributed by atoms with Crippen LogP contribution < -0.4 is 11.1 Å². The van der Waals surface area contributed by atoms with Crippen LogP contribution in [0.1, 0.15) is 44.9 Å². The molecule has 3 N–H and O–H groups in total. The van der Waals surface area contributed by atoms with E-state index in [-0.39, 0.29) is 17.7 Å². The lowest BCUT2D eigenvalue weighted by Gasteiger charge is -2.22. The van der Waals surface area contributed by atoms with Gasteiger partial charge in [0, 0.05) is 12.1 Å². The Morgan fingerprint density at radius 2 is 1.25 bits per heavy atom. The van der Waals surface area contributed by atoms with Crippen LogP contribution in [0.2, 0.25) is 0 Å². The molecule has 2 nitrogen and oxygen atoms in total. The zero-order chi connectivity index (χ0) is 18.1. The molecule has 0 saturated heterocycles. The third-order valence-corrected chi connectivity index (χ3v) is 3.16. The van der Waals surface area contributed by atoms with Crippen molar-refractivity contribution < 1.29 is 8.78 Å². The third-order valence-electron chi connectivity index (χ3n) is 3.16. The maximum atomic E-state index is 13.0. The zero-order valence-electron chi connectivity index (χ0n) is 14.9. The van der Waals surface area contributed by atoms with Gasteiger partial charge >= 0.3 is 0 Å². The van der Waals surface area contributed by atoms with E-state index in [4.69, 9.17) is 5.73 Å². The summed E-state index contributed by atoms with van der Waals surface area (Å²) in [5.74, 6) is -0.470. The SMILES string of the molecule is CC(C)N.CC(C)NC(Cc1ccc(F)cc1)c1ccc(F)cc1. The number of nitrogens with two attached hydrogens (primary N) is 1. The van der Waals surface area contributed by atoms with Crippen LogP contribution in [0.15, 0.2) is 48.5 Å². The van der Waals surface area contributed by atoms with Crippen LogP contribution in [0.5, 0.6) is 0 Å². The highest BCUT2D eigenvalue weighted by atomic mass is 19.1. The van der Waals surface area contributed by atoms with Gasteiger partial charge in [-0.25, -0.2) is 8.78 Å². The molecule has 4 heteroatoms. The highest BCUT2D eigenvalue weighted by Crippen LogP contribution is 2.20. The molecule has 132 valence electrons. The van der Waals surface area contributed by atoms with Crippen LogP contribution in [-0.4, -0.2) is 12.1 Å². The van der Waals surface area contributed by atoms with Gasteiger partial charge in [-0.15, -0.1) is 0 Å². The molecule has 2 aromatic carbocycles. The molecule has 0 spiro atoms. The molecule has 0 aliphatic rings. The molecule has 0 fully saturated rings. The molecule has 2 aromatic rings. The average Bonchev–Trinajstić information content (AvgIpc) is 2.48. The molecule has 1 unspecified atom stereocenters. The predicted octanol–water partition coefficient (Wildman–Crippen LogP) is 4.60. The molecule has 0 aliphatic carbocycles. The molecular weight excluding hydrogens is 306 g/mol. The van der Waals surface area contributed by atoms with Crippen LogP contribution in [0.25, 0.3) is 0 Å². The Kier molecular flexibility index (Phi) is 8.58. The summed E-state index contributed by atoms with van der Waals surface area (Å²) in [6.45, 7) is 8.03. The minimum Gasteiger partial charge on any atom is -0.328 e. The van der Waals surface area contributed by atoms with E-state index in [1.807, 2.05) is 13.8 Å². The molecule has 0 aliphatic heterocycles. The van der Waals surface area contributed by atoms with Gasteiger partial charge in [0.25, 0.3) is 0 Å². The van der Waals surface area contributed by atoms with Crippen molar-refractivity contribution in [3.8, 4) is 0 Å². The number of nitrogens with one attached hydrogen (secondary N) is 1. The van der Waals surface area contributed by atoms with Crippen molar-refractivity contribution in [2.45, 2.75) is 52.2 Å². The molecule has 1 atom stereocenters. The molecule has 0 bridgehead atoms. The number of benzene rings is 2. The first-order chi connectivity index (χ1) is 11.3. The number of hydrogen-bond donors (Lipinski definition) is 2. The van der Waals surface area contributed by atoms with Crippen molar-refractivity contribution in [3.05, 3.63) is 71.3 Å². The fraction of sp³-hybridized carbons (Fsp3) is 0.400. The lowest BCUT2D eigenvalue weighted by atomic mass is 9.98. The van der Waals surface area contributed by atoms with Gasteiger partial charge < -0.3 is 11.1 Å². The normalized spacial score (nSPS) is 12.0. The van der Waals surface area contributed by atoms with Crippen LogP contribution in [0.4, 0.5) is 8.78 Å². The van der Waals surface area contributed by atoms with E-state index in [1.54, 1.807) is 24.3 Å². The highest BCUT2D eigenvalue weighted by molar-refractivity contribution is 5.24. The van der Waals surface area contributed by atoms with E-state index < -0.39 is 0 Å². The molecular formula is C20H28F2N2. The average molecular weight is 334 g/mol. The topological polar surface area (TPSA) is 38.0 Å². The van der Waals surface area contributed by atoms with Gasteiger partial charge in [0.15, 0.2) is 0 Å². The van der Waals surface area contributed by atoms with Crippen molar-refractivity contribution in [2.24, 2.45) is 5.73 Å². The first-order valence-corrected chi connectivity index (χ1v) is 8.29. The minimum absolute atomic E-state index is 0.0843. The second kappa shape index (κ2) is 10.2. The van der Waals surface area contributed by atoms with Crippen LogP contribution in [0.3, 0.4) is 0 Å². The Morgan fingerprint density at radius 3 is 1.67 bits per heavy atom. The van der Waals surface area contributed by atoms with Crippen molar-refractivity contribution >= 4 is 0 Å². The van der Waals surface area contributed by atoms with Crippen LogP contribution >= 0.6 is 0 Å². The molecule has 2 rings (SSSR count). The Bertz CT molecular complexity index is 575. The summed E-state index contributed by atoms with van der Waals surface area (Å²) in [5, 5.41) is 3.46. The monoisotopic (exact) mass is 334 g/mol. The summed E-state index contributed by atoms with van der Waals surface area (Å²) >= 11 is 0. The van der Waals surface area contributed by atoms with E-state index in [0.29, 0.717) is 12.1 Å². The molecule has 0 amide bonds. The minimum atomic E-state index is -0.237. The first-order valence-electron chi connectivity index (χ1n) is 8.29. The molecule has 0 heterocycles. The van der Waals surface area contributed by atoms with Gasteiger partial charge in [0.1, 0.15) is 11.6 Å². The summed E-state index contributed by atoms with van der Waals surface area (Å²) in [4.78, 5) is 0. The summed E-state index contributed by atoms with van der Waals surface area (Å²) in [6, 6.07) is 13.7. The quantitative estimate of drug-likeness (QED) is 0.838. The fourth-order valence-electron chi connectivity index (χ4n) is 2.23. The lowest BCUT2D eigenvalue weighted by Crippen LogP contribution is -2.29. The smallest absolute Gasteiger partial charge is 0.123 e. The third kappa shape index (κ3) is 8.18. The highest BCUT2D eigenvalue weighted by Gasteiger charge is 2.13. The number of halogens is 2. The van der Waals surface area contributed by atoms with Gasteiger partial charge in [-0.05, 0) is 47.9 Å². The second-order valence-corrected chi connectivity index (χ2v) is 6.50. The number of hydrogen-bond acceptors (Lipinski definition) is 2. The van der Waals surface area contributed by atoms with Crippen LogP contribution in [0, 0.1) is 11.6 Å². The van der Waals surface area contributed by atoms with Crippen molar-refractivity contribution in [2.75, 3.05) is 0 Å². The molecule has 0 aromatic heterocycles. The van der Waals surface area contributed by atoms with E-state index >= 15 is 0 Å². The molecule has 0 radical (unpaired) electrons. The van der Waals surface area contributed by atoms with Gasteiger partial charge in [0.2, 0.25) is 0 Å². The first kappa shape index (κ1) is 20.3. The van der Waals surface area contributed by atoms with Crippen molar-refractivity contribution in [1.29, 1.82) is 0 Å². The van der Waals surface area contributed by atoms with E-state index in [1.165, 1.54) is 24.3 Å². The van der Waals surface area contributed by atoms with Gasteiger partial charge in [-0.2, -0.15) is 0 Å². The standard InChI is InChI=1S/C17H19F2N.C3H9N/c1-12(2)20-17(14-5-9-16(19)10-6-14)11-13-3-7-15(18)8-4-13;1-3(2)4/h3-10,12,17,20H,11H2,1-2H3;3H,4H2,1-2H3. The maximum Gasteiger partial charge on any atom is 0.123 e. The molecule has 24 heavy (non-hydrogen) atoms. The fourth-order valence-corrected chi connectivity index (χ4v) is 2.23. The Hall–Kier alpha value is -1.78. The second-order valence-electron chi connectivity index (χ2n) is 6.50. The van der Waals surface area contributed by atoms with Gasteiger partial charge in [-0.1, -0.05) is 52.0 Å². The summed E-state index contributed by atoms with van der Waals surface area (Å²) < 4.78 is 26.0. The summed E-state index contributed by atoms with van der Waals surface area (Å²) in [5.41, 5.74) is 7.19. The van der Waals surface area contributed by atoms with Crippen molar-refractivity contribution in [1.82, 2.24) is 5.32 Å². The number of rotatable bonds is 5. The Labute approximate surface area is 144 Å². The van der Waals surface area contributed by atoms with E-state index in [2.05, 4.69) is 19.2 Å². The van der Waals surface area contributed by atoms with Crippen molar-refractivity contribution in [3.63, 3.8) is 0 Å². The Balaban J connectivity index is 0.000000648. The Morgan fingerprint density at radius 1 is 0.833 bits per heavy atom. The van der Waals surface area contributed by atoms with E-state index in [9.17, 15) is 8.78 Å². The maximum absolute atomic E-state index is 13.0. The van der Waals surface area contributed by atoms with E-state index in [0.717, 1.165) is 17.5 Å². The predicted molar refractivity (Wildman–Crippen MR) is 96.8 cm³/mol. The van der Waals surface area contributed by atoms with Gasteiger partial charge in [0.05, 0.1) is 0 Å². The zero-order valence-corrected chi connectivity index (χ0v) is 14.9. The lowest BCUT2D eigenvalue weighted by molar-refractivity contribution is 0.473. The van der Waals surface area contributed by atoms with Crippen LogP contribution in [-0.2, 0) is 6.42 Å². The summed E-state index contributed by atoms with van der Waals surface area (Å²) in [6.07, 6.45) is 0.740. The summed E-state index contributed by atoms with van der Waals surface area (Å²) in [7, 11) is 0. The van der Waals surface area contributed by atoms with Gasteiger partial charge in [-0.3, -0.25) is 0 Å². The molecule has 0 saturated carbocycles.